The highest BCUT2D eigenvalue weighted by Gasteiger charge is 2.27. The zero-order chi connectivity index (χ0) is 13.8. The van der Waals surface area contributed by atoms with Crippen LogP contribution in [-0.2, 0) is 0 Å². The zero-order valence-corrected chi connectivity index (χ0v) is 10.1. The maximum Gasteiger partial charge on any atom is 0.392 e. The monoisotopic (exact) mass is 264 g/mol. The van der Waals surface area contributed by atoms with E-state index in [-0.39, 0.29) is 5.75 Å². The summed E-state index contributed by atoms with van der Waals surface area (Å²) in [4.78, 5) is 0. The molecule has 1 atom stereocenters. The minimum atomic E-state index is -4.26. The molecule has 6 heteroatoms. The molecule has 0 bridgehead atoms. The first kappa shape index (κ1) is 14.6. The molecule has 0 radical (unpaired) electrons. The van der Waals surface area contributed by atoms with E-state index in [0.29, 0.717) is 11.3 Å². The van der Waals surface area contributed by atoms with Gasteiger partial charge in [-0.1, -0.05) is 0 Å². The van der Waals surface area contributed by atoms with Crippen LogP contribution in [0, 0.1) is 0 Å². The van der Waals surface area contributed by atoms with Crippen molar-refractivity contribution in [3.63, 3.8) is 0 Å². The topological polar surface area (TPSA) is 38.7 Å². The van der Waals surface area contributed by atoms with Crippen LogP contribution in [0.5, 0.6) is 11.5 Å². The number of aliphatic hydroxyl groups is 1. The summed E-state index contributed by atoms with van der Waals surface area (Å²) in [6.45, 7) is 1.02. The van der Waals surface area contributed by atoms with Crippen molar-refractivity contribution in [2.75, 3.05) is 13.7 Å². The van der Waals surface area contributed by atoms with E-state index in [2.05, 4.69) is 0 Å². The van der Waals surface area contributed by atoms with Gasteiger partial charge < -0.3 is 14.6 Å². The van der Waals surface area contributed by atoms with Gasteiger partial charge in [0, 0.05) is 11.6 Å². The van der Waals surface area contributed by atoms with E-state index in [4.69, 9.17) is 9.47 Å². The molecule has 1 N–H and O–H groups in total. The quantitative estimate of drug-likeness (QED) is 0.888. The van der Waals surface area contributed by atoms with E-state index in [1.807, 2.05) is 0 Å². The Labute approximate surface area is 103 Å². The molecule has 0 fully saturated rings. The minimum Gasteiger partial charge on any atom is -0.497 e. The highest BCUT2D eigenvalue weighted by atomic mass is 19.4. The molecule has 1 rings (SSSR count). The fourth-order valence-electron chi connectivity index (χ4n) is 1.39. The summed E-state index contributed by atoms with van der Waals surface area (Å²) in [7, 11) is 1.44. The fourth-order valence-corrected chi connectivity index (χ4v) is 1.39. The first-order chi connectivity index (χ1) is 8.33. The van der Waals surface area contributed by atoms with E-state index in [0.717, 1.165) is 0 Å². The predicted molar refractivity (Wildman–Crippen MR) is 59.8 cm³/mol. The lowest BCUT2D eigenvalue weighted by Gasteiger charge is -2.15. The molecule has 0 unspecified atom stereocenters. The summed E-state index contributed by atoms with van der Waals surface area (Å²) in [5.74, 6) is 0.662. The SMILES string of the molecule is COc1ccc([C@@H](C)O)c(OCCC(F)(F)F)c1. The van der Waals surface area contributed by atoms with Gasteiger partial charge in [0.15, 0.2) is 0 Å². The lowest BCUT2D eigenvalue weighted by Crippen LogP contribution is -2.13. The molecule has 0 saturated carbocycles. The Hall–Kier alpha value is -1.43. The molecule has 0 saturated heterocycles. The molecule has 1 aromatic carbocycles. The number of ether oxygens (including phenoxy) is 2. The number of rotatable bonds is 5. The van der Waals surface area contributed by atoms with E-state index < -0.39 is 25.3 Å². The second-order valence-corrected chi connectivity index (χ2v) is 3.79. The largest absolute Gasteiger partial charge is 0.497 e. The van der Waals surface area contributed by atoms with Gasteiger partial charge in [0.05, 0.1) is 26.2 Å². The second-order valence-electron chi connectivity index (χ2n) is 3.79. The van der Waals surface area contributed by atoms with Crippen LogP contribution in [0.4, 0.5) is 13.2 Å². The smallest absolute Gasteiger partial charge is 0.392 e. The van der Waals surface area contributed by atoms with Crippen LogP contribution in [0.15, 0.2) is 18.2 Å². The Morgan fingerprint density at radius 1 is 1.33 bits per heavy atom. The number of methoxy groups -OCH3 is 1. The van der Waals surface area contributed by atoms with Crippen molar-refractivity contribution < 1.29 is 27.8 Å². The maximum atomic E-state index is 12.0. The predicted octanol–water partition coefficient (Wildman–Crippen LogP) is 3.08. The van der Waals surface area contributed by atoms with Gasteiger partial charge in [-0.2, -0.15) is 13.2 Å². The highest BCUT2D eigenvalue weighted by Crippen LogP contribution is 2.30. The number of alkyl halides is 3. The first-order valence-corrected chi connectivity index (χ1v) is 5.39. The fraction of sp³-hybridized carbons (Fsp3) is 0.500. The van der Waals surface area contributed by atoms with E-state index in [1.165, 1.54) is 20.1 Å². The van der Waals surface area contributed by atoms with Gasteiger partial charge >= 0.3 is 6.18 Å². The normalized spacial score (nSPS) is 13.2. The van der Waals surface area contributed by atoms with Crippen molar-refractivity contribution in [3.05, 3.63) is 23.8 Å². The Kier molecular flexibility index (Phi) is 4.84. The summed E-state index contributed by atoms with van der Waals surface area (Å²) >= 11 is 0. The molecule has 0 aliphatic rings. The summed E-state index contributed by atoms with van der Waals surface area (Å²) in [6, 6.07) is 4.63. The standard InChI is InChI=1S/C12H15F3O3/c1-8(16)10-4-3-9(17-2)7-11(10)18-6-5-12(13,14)15/h3-4,7-8,16H,5-6H2,1-2H3/t8-/m1/s1. The maximum absolute atomic E-state index is 12.0. The summed E-state index contributed by atoms with van der Waals surface area (Å²) in [5, 5.41) is 9.48. The number of benzene rings is 1. The van der Waals surface area contributed by atoms with Gasteiger partial charge in [-0.3, -0.25) is 0 Å². The van der Waals surface area contributed by atoms with Crippen LogP contribution in [0.25, 0.3) is 0 Å². The van der Waals surface area contributed by atoms with Crippen LogP contribution in [0.2, 0.25) is 0 Å². The van der Waals surface area contributed by atoms with Crippen LogP contribution < -0.4 is 9.47 Å². The third-order valence-electron chi connectivity index (χ3n) is 2.31. The summed E-state index contributed by atoms with van der Waals surface area (Å²) in [5.41, 5.74) is 0.429. The lowest BCUT2D eigenvalue weighted by atomic mass is 10.1. The zero-order valence-electron chi connectivity index (χ0n) is 10.1. The molecule has 18 heavy (non-hydrogen) atoms. The molecule has 0 heterocycles. The molecular formula is C12H15F3O3. The van der Waals surface area contributed by atoms with Crippen molar-refractivity contribution in [2.24, 2.45) is 0 Å². The van der Waals surface area contributed by atoms with Gasteiger partial charge in [-0.05, 0) is 19.1 Å². The van der Waals surface area contributed by atoms with E-state index in [1.54, 1.807) is 12.1 Å². The molecule has 0 aliphatic carbocycles. The van der Waals surface area contributed by atoms with Gasteiger partial charge in [-0.25, -0.2) is 0 Å². The molecule has 3 nitrogen and oxygen atoms in total. The molecule has 0 amide bonds. The number of hydrogen-bond donors (Lipinski definition) is 1. The molecule has 102 valence electrons. The second kappa shape index (κ2) is 5.95. The van der Waals surface area contributed by atoms with Crippen LogP contribution in [-0.4, -0.2) is 25.0 Å². The van der Waals surface area contributed by atoms with Crippen LogP contribution in [0.3, 0.4) is 0 Å². The van der Waals surface area contributed by atoms with Crippen LogP contribution >= 0.6 is 0 Å². The Bertz CT molecular complexity index is 389. The summed E-state index contributed by atoms with van der Waals surface area (Å²) in [6.07, 6.45) is -6.12. The third kappa shape index (κ3) is 4.44. The van der Waals surface area contributed by atoms with Gasteiger partial charge in [0.2, 0.25) is 0 Å². The molecule has 0 aromatic heterocycles. The summed E-state index contributed by atoms with van der Waals surface area (Å²) < 4.78 is 46.0. The number of halogens is 3. The average molecular weight is 264 g/mol. The lowest BCUT2D eigenvalue weighted by molar-refractivity contribution is -0.139. The van der Waals surface area contributed by atoms with E-state index in [9.17, 15) is 18.3 Å². The number of hydrogen-bond acceptors (Lipinski definition) is 3. The first-order valence-electron chi connectivity index (χ1n) is 5.39. The van der Waals surface area contributed by atoms with Crippen molar-refractivity contribution in [1.82, 2.24) is 0 Å². The van der Waals surface area contributed by atoms with Crippen molar-refractivity contribution >= 4 is 0 Å². The highest BCUT2D eigenvalue weighted by molar-refractivity contribution is 5.41. The van der Waals surface area contributed by atoms with Gasteiger partial charge in [0.25, 0.3) is 0 Å². The average Bonchev–Trinajstić information content (AvgIpc) is 2.26. The molecule has 0 spiro atoms. The van der Waals surface area contributed by atoms with Crippen molar-refractivity contribution in [1.29, 1.82) is 0 Å². The Balaban J connectivity index is 2.78. The number of aliphatic hydroxyl groups excluding tert-OH is 1. The molecular weight excluding hydrogens is 249 g/mol. The minimum absolute atomic E-state index is 0.202. The van der Waals surface area contributed by atoms with Crippen molar-refractivity contribution in [2.45, 2.75) is 25.6 Å². The Morgan fingerprint density at radius 2 is 2.00 bits per heavy atom. The molecule has 1 aromatic rings. The molecule has 0 aliphatic heterocycles. The Morgan fingerprint density at radius 3 is 2.50 bits per heavy atom. The van der Waals surface area contributed by atoms with E-state index >= 15 is 0 Å². The van der Waals surface area contributed by atoms with Gasteiger partial charge in [0.1, 0.15) is 11.5 Å². The van der Waals surface area contributed by atoms with Crippen LogP contribution in [0.1, 0.15) is 25.0 Å². The van der Waals surface area contributed by atoms with Gasteiger partial charge in [-0.15, -0.1) is 0 Å². The van der Waals surface area contributed by atoms with Crippen molar-refractivity contribution in [3.8, 4) is 11.5 Å². The third-order valence-corrected chi connectivity index (χ3v) is 2.31.